The minimum Gasteiger partial charge on any atom is -0.301 e. The van der Waals surface area contributed by atoms with Crippen LogP contribution in [-0.2, 0) is 0 Å². The molecule has 2 atom stereocenters. The van der Waals surface area contributed by atoms with Crippen LogP contribution in [0.2, 0.25) is 0 Å². The second-order valence-corrected chi connectivity index (χ2v) is 7.21. The lowest BCUT2D eigenvalue weighted by Crippen LogP contribution is -2.57. The summed E-state index contributed by atoms with van der Waals surface area (Å²) in [6, 6.07) is 0. The van der Waals surface area contributed by atoms with Crippen LogP contribution in [0.15, 0.2) is 0 Å². The Hall–Kier alpha value is -0.0800. The highest BCUT2D eigenvalue weighted by Crippen LogP contribution is 2.52. The normalized spacial score (nSPS) is 41.6. The molecular formula is C14H28N2. The van der Waals surface area contributed by atoms with Crippen molar-refractivity contribution in [3.63, 3.8) is 0 Å². The maximum absolute atomic E-state index is 2.75. The third-order valence-electron chi connectivity index (χ3n) is 5.14. The summed E-state index contributed by atoms with van der Waals surface area (Å²) in [5.74, 6) is 0. The van der Waals surface area contributed by atoms with E-state index in [0.717, 1.165) is 0 Å². The second kappa shape index (κ2) is 3.46. The lowest BCUT2D eigenvalue weighted by atomic mass is 9.74. The van der Waals surface area contributed by atoms with Gasteiger partial charge in [-0.2, -0.15) is 0 Å². The molecule has 0 aromatic carbocycles. The first-order chi connectivity index (χ1) is 7.23. The molecule has 16 heavy (non-hydrogen) atoms. The highest BCUT2D eigenvalue weighted by Gasteiger charge is 2.60. The van der Waals surface area contributed by atoms with Gasteiger partial charge in [0.2, 0.25) is 0 Å². The molecule has 2 nitrogen and oxygen atoms in total. The SMILES string of the molecule is CCN1C[C@@]2(C)CCN(C(C)(C)C)[C@@]2(C)C1. The zero-order valence-corrected chi connectivity index (χ0v) is 11.9. The van der Waals surface area contributed by atoms with E-state index in [1.807, 2.05) is 0 Å². The van der Waals surface area contributed by atoms with Crippen molar-refractivity contribution in [3.05, 3.63) is 0 Å². The molecule has 2 heteroatoms. The highest BCUT2D eigenvalue weighted by atomic mass is 15.4. The maximum Gasteiger partial charge on any atom is 0.0379 e. The van der Waals surface area contributed by atoms with Crippen molar-refractivity contribution in [1.82, 2.24) is 9.80 Å². The molecule has 2 rings (SSSR count). The molecule has 2 aliphatic rings. The Balaban J connectivity index is 2.30. The quantitative estimate of drug-likeness (QED) is 0.675. The second-order valence-electron chi connectivity index (χ2n) is 7.21. The fourth-order valence-electron chi connectivity index (χ4n) is 4.01. The fourth-order valence-corrected chi connectivity index (χ4v) is 4.01. The minimum atomic E-state index is 0.302. The summed E-state index contributed by atoms with van der Waals surface area (Å²) in [7, 11) is 0. The summed E-state index contributed by atoms with van der Waals surface area (Å²) in [6.45, 7) is 19.3. The number of rotatable bonds is 1. The minimum absolute atomic E-state index is 0.302. The average molecular weight is 224 g/mol. The Labute approximate surface area is 101 Å². The molecule has 0 aromatic rings. The van der Waals surface area contributed by atoms with E-state index < -0.39 is 0 Å². The van der Waals surface area contributed by atoms with Gasteiger partial charge >= 0.3 is 0 Å². The molecule has 0 radical (unpaired) electrons. The Kier molecular flexibility index (Phi) is 2.67. The molecule has 0 amide bonds. The van der Waals surface area contributed by atoms with E-state index in [0.29, 0.717) is 16.5 Å². The predicted octanol–water partition coefficient (Wildman–Crippen LogP) is 2.59. The number of likely N-dealkylation sites (tertiary alicyclic amines) is 2. The molecule has 2 heterocycles. The van der Waals surface area contributed by atoms with Crippen LogP contribution in [0.4, 0.5) is 0 Å². The highest BCUT2D eigenvalue weighted by molar-refractivity contribution is 5.15. The van der Waals surface area contributed by atoms with Gasteiger partial charge < -0.3 is 4.90 Å². The summed E-state index contributed by atoms with van der Waals surface area (Å²) in [5, 5.41) is 0. The van der Waals surface area contributed by atoms with Crippen molar-refractivity contribution >= 4 is 0 Å². The predicted molar refractivity (Wildman–Crippen MR) is 69.7 cm³/mol. The number of nitrogens with zero attached hydrogens (tertiary/aromatic N) is 2. The van der Waals surface area contributed by atoms with Crippen molar-refractivity contribution in [3.8, 4) is 0 Å². The Morgan fingerprint density at radius 1 is 1.12 bits per heavy atom. The van der Waals surface area contributed by atoms with Gasteiger partial charge in [-0.05, 0) is 47.2 Å². The van der Waals surface area contributed by atoms with E-state index in [-0.39, 0.29) is 0 Å². The van der Waals surface area contributed by atoms with E-state index >= 15 is 0 Å². The van der Waals surface area contributed by atoms with Crippen LogP contribution in [0.5, 0.6) is 0 Å². The average Bonchev–Trinajstić information content (AvgIpc) is 2.50. The van der Waals surface area contributed by atoms with Gasteiger partial charge in [0.15, 0.2) is 0 Å². The zero-order chi connectivity index (χ0) is 12.2. The number of hydrogen-bond acceptors (Lipinski definition) is 2. The number of likely N-dealkylation sites (N-methyl/N-ethyl adjacent to an activating group) is 1. The zero-order valence-electron chi connectivity index (χ0n) is 11.9. The van der Waals surface area contributed by atoms with Gasteiger partial charge in [0.05, 0.1) is 0 Å². The Morgan fingerprint density at radius 2 is 1.75 bits per heavy atom. The topological polar surface area (TPSA) is 6.48 Å². The van der Waals surface area contributed by atoms with E-state index in [4.69, 9.17) is 0 Å². The van der Waals surface area contributed by atoms with Crippen molar-refractivity contribution in [2.45, 2.75) is 59.0 Å². The maximum atomic E-state index is 2.75. The molecule has 0 bridgehead atoms. The van der Waals surface area contributed by atoms with E-state index in [1.54, 1.807) is 0 Å². The van der Waals surface area contributed by atoms with Crippen molar-refractivity contribution < 1.29 is 0 Å². The van der Waals surface area contributed by atoms with E-state index in [1.165, 1.54) is 32.6 Å². The third kappa shape index (κ3) is 1.53. The molecular weight excluding hydrogens is 196 g/mol. The van der Waals surface area contributed by atoms with Gasteiger partial charge in [0.25, 0.3) is 0 Å². The van der Waals surface area contributed by atoms with Crippen LogP contribution < -0.4 is 0 Å². The van der Waals surface area contributed by atoms with Crippen LogP contribution in [-0.4, -0.2) is 47.1 Å². The first-order valence-corrected chi connectivity index (χ1v) is 6.73. The molecule has 0 N–H and O–H groups in total. The van der Waals surface area contributed by atoms with Crippen molar-refractivity contribution in [2.24, 2.45) is 5.41 Å². The number of hydrogen-bond donors (Lipinski definition) is 0. The first-order valence-electron chi connectivity index (χ1n) is 6.73. The monoisotopic (exact) mass is 224 g/mol. The molecule has 2 saturated heterocycles. The van der Waals surface area contributed by atoms with Crippen molar-refractivity contribution in [2.75, 3.05) is 26.2 Å². The third-order valence-corrected chi connectivity index (χ3v) is 5.14. The summed E-state index contributed by atoms with van der Waals surface area (Å²) >= 11 is 0. The molecule has 0 aromatic heterocycles. The van der Waals surface area contributed by atoms with Crippen LogP contribution in [0.25, 0.3) is 0 Å². The fraction of sp³-hybridized carbons (Fsp3) is 1.00. The van der Waals surface area contributed by atoms with Crippen LogP contribution >= 0.6 is 0 Å². The summed E-state index contributed by atoms with van der Waals surface area (Å²) in [4.78, 5) is 5.37. The molecule has 94 valence electrons. The molecule has 2 fully saturated rings. The lowest BCUT2D eigenvalue weighted by Gasteiger charge is -2.47. The molecule has 2 aliphatic heterocycles. The summed E-state index contributed by atoms with van der Waals surface area (Å²) in [6.07, 6.45) is 1.36. The van der Waals surface area contributed by atoms with Crippen molar-refractivity contribution in [1.29, 1.82) is 0 Å². The van der Waals surface area contributed by atoms with E-state index in [2.05, 4.69) is 51.3 Å². The number of fused-ring (bicyclic) bond motifs is 1. The lowest BCUT2D eigenvalue weighted by molar-refractivity contribution is 0.0264. The molecule has 0 spiro atoms. The van der Waals surface area contributed by atoms with Gasteiger partial charge in [-0.25, -0.2) is 0 Å². The van der Waals surface area contributed by atoms with Gasteiger partial charge in [-0.15, -0.1) is 0 Å². The van der Waals surface area contributed by atoms with Gasteiger partial charge in [0.1, 0.15) is 0 Å². The van der Waals surface area contributed by atoms with E-state index in [9.17, 15) is 0 Å². The largest absolute Gasteiger partial charge is 0.301 e. The molecule has 0 aliphatic carbocycles. The summed E-state index contributed by atoms with van der Waals surface area (Å²) in [5.41, 5.74) is 1.17. The Bertz CT molecular complexity index is 281. The first kappa shape index (κ1) is 12.4. The van der Waals surface area contributed by atoms with Crippen LogP contribution in [0, 0.1) is 5.41 Å². The summed E-state index contributed by atoms with van der Waals surface area (Å²) < 4.78 is 0. The van der Waals surface area contributed by atoms with Gasteiger partial charge in [0, 0.05) is 29.6 Å². The van der Waals surface area contributed by atoms with Gasteiger partial charge in [-0.3, -0.25) is 4.90 Å². The van der Waals surface area contributed by atoms with Crippen LogP contribution in [0.1, 0.15) is 48.0 Å². The standard InChI is InChI=1S/C14H28N2/c1-7-15-10-13(5)8-9-16(12(2,3)4)14(13,6)11-15/h7-11H2,1-6H3/t13-,14+/m1/s1. The molecule has 0 saturated carbocycles. The Morgan fingerprint density at radius 3 is 2.25 bits per heavy atom. The van der Waals surface area contributed by atoms with Crippen LogP contribution in [0.3, 0.4) is 0 Å². The molecule has 0 unspecified atom stereocenters. The van der Waals surface area contributed by atoms with Gasteiger partial charge in [-0.1, -0.05) is 13.8 Å². The smallest absolute Gasteiger partial charge is 0.0379 e.